The minimum atomic E-state index is -0.927. The van der Waals surface area contributed by atoms with Crippen LogP contribution in [0, 0.1) is 0 Å². The molecule has 0 saturated heterocycles. The fourth-order valence-electron chi connectivity index (χ4n) is 0.920. The Kier molecular flexibility index (Phi) is 5.98. The highest BCUT2D eigenvalue weighted by Gasteiger charge is 2.14. The molecule has 0 unspecified atom stereocenters. The van der Waals surface area contributed by atoms with Crippen molar-refractivity contribution in [3.8, 4) is 0 Å². The van der Waals surface area contributed by atoms with Crippen LogP contribution in [0.25, 0.3) is 0 Å². The predicted octanol–water partition coefficient (Wildman–Crippen LogP) is -0.880. The van der Waals surface area contributed by atoms with E-state index in [-0.39, 0.29) is 17.9 Å². The van der Waals surface area contributed by atoms with Gasteiger partial charge in [0.1, 0.15) is 0 Å². The van der Waals surface area contributed by atoms with Crippen molar-refractivity contribution >= 4 is 11.8 Å². The number of nitrogens with two attached hydrogens (primary N) is 2. The molecule has 0 spiro atoms. The lowest BCUT2D eigenvalue weighted by Crippen LogP contribution is -2.41. The van der Waals surface area contributed by atoms with Crippen molar-refractivity contribution < 1.29 is 14.3 Å². The molecule has 0 radical (unpaired) electrons. The molecular formula is C10H21N3O3. The highest BCUT2D eigenvalue weighted by atomic mass is 16.5. The third-order valence-electron chi connectivity index (χ3n) is 1.73. The van der Waals surface area contributed by atoms with Gasteiger partial charge in [0, 0.05) is 6.54 Å². The first-order chi connectivity index (χ1) is 7.22. The molecule has 1 atom stereocenters. The molecule has 0 aromatic heterocycles. The van der Waals surface area contributed by atoms with Crippen molar-refractivity contribution in [1.29, 1.82) is 0 Å². The van der Waals surface area contributed by atoms with Gasteiger partial charge in [-0.1, -0.05) is 0 Å². The highest BCUT2D eigenvalue weighted by molar-refractivity contribution is 5.87. The van der Waals surface area contributed by atoms with Crippen LogP contribution in [0.3, 0.4) is 0 Å². The average Bonchev–Trinajstić information content (AvgIpc) is 2.10. The van der Waals surface area contributed by atoms with Crippen molar-refractivity contribution in [1.82, 2.24) is 5.32 Å². The first-order valence-corrected chi connectivity index (χ1v) is 5.18. The van der Waals surface area contributed by atoms with Crippen LogP contribution in [0.1, 0.15) is 27.2 Å². The normalized spacial score (nSPS) is 13.2. The number of carbonyl (C=O) groups excluding carboxylic acids is 2. The van der Waals surface area contributed by atoms with Crippen LogP contribution in [0.2, 0.25) is 0 Å². The van der Waals surface area contributed by atoms with E-state index in [0.29, 0.717) is 13.2 Å². The lowest BCUT2D eigenvalue weighted by molar-refractivity contribution is -0.126. The molecule has 0 saturated carbocycles. The number of ether oxygens (including phenoxy) is 1. The molecule has 0 heterocycles. The molecule has 0 aromatic carbocycles. The van der Waals surface area contributed by atoms with Gasteiger partial charge in [-0.3, -0.25) is 9.59 Å². The minimum Gasteiger partial charge on any atom is -0.374 e. The number of carbonyl (C=O) groups is 2. The van der Waals surface area contributed by atoms with Gasteiger partial charge in [0.2, 0.25) is 11.8 Å². The van der Waals surface area contributed by atoms with Gasteiger partial charge in [0.05, 0.1) is 24.7 Å². The molecule has 6 heteroatoms. The van der Waals surface area contributed by atoms with Crippen LogP contribution in [-0.2, 0) is 14.3 Å². The van der Waals surface area contributed by atoms with Gasteiger partial charge >= 0.3 is 0 Å². The molecule has 0 aromatic rings. The second-order valence-corrected chi connectivity index (χ2v) is 4.52. The first kappa shape index (κ1) is 14.9. The van der Waals surface area contributed by atoms with Gasteiger partial charge in [-0.05, 0) is 20.8 Å². The Hall–Kier alpha value is -1.14. The number of rotatable bonds is 6. The van der Waals surface area contributed by atoms with Crippen LogP contribution in [0.4, 0.5) is 0 Å². The predicted molar refractivity (Wildman–Crippen MR) is 60.5 cm³/mol. The van der Waals surface area contributed by atoms with E-state index in [0.717, 1.165) is 0 Å². The van der Waals surface area contributed by atoms with E-state index in [1.807, 2.05) is 20.8 Å². The summed E-state index contributed by atoms with van der Waals surface area (Å²) >= 11 is 0. The van der Waals surface area contributed by atoms with Crippen LogP contribution < -0.4 is 16.8 Å². The van der Waals surface area contributed by atoms with Crippen molar-refractivity contribution in [3.63, 3.8) is 0 Å². The zero-order valence-electron chi connectivity index (χ0n) is 10.1. The molecule has 16 heavy (non-hydrogen) atoms. The number of nitrogens with one attached hydrogen (secondary N) is 1. The minimum absolute atomic E-state index is 0.0924. The van der Waals surface area contributed by atoms with E-state index in [1.54, 1.807) is 0 Å². The molecule has 0 bridgehead atoms. The van der Waals surface area contributed by atoms with Gasteiger partial charge in [-0.2, -0.15) is 0 Å². The number of amides is 2. The quantitative estimate of drug-likeness (QED) is 0.516. The molecule has 0 fully saturated rings. The van der Waals surface area contributed by atoms with Gasteiger partial charge < -0.3 is 21.5 Å². The van der Waals surface area contributed by atoms with Crippen LogP contribution in [0.15, 0.2) is 0 Å². The maximum atomic E-state index is 11.2. The van der Waals surface area contributed by atoms with Gasteiger partial charge in [-0.15, -0.1) is 0 Å². The fraction of sp³-hybridized carbons (Fsp3) is 0.800. The van der Waals surface area contributed by atoms with Gasteiger partial charge in [-0.25, -0.2) is 0 Å². The summed E-state index contributed by atoms with van der Waals surface area (Å²) in [7, 11) is 0. The number of primary amides is 1. The zero-order chi connectivity index (χ0) is 12.8. The third-order valence-corrected chi connectivity index (χ3v) is 1.73. The first-order valence-electron chi connectivity index (χ1n) is 5.18. The summed E-state index contributed by atoms with van der Waals surface area (Å²) in [5.74, 6) is -0.982. The molecule has 0 aliphatic rings. The third kappa shape index (κ3) is 8.19. The smallest absolute Gasteiger partial charge is 0.234 e. The Balaban J connectivity index is 3.63. The summed E-state index contributed by atoms with van der Waals surface area (Å²) in [6.45, 7) is 6.59. The van der Waals surface area contributed by atoms with Crippen molar-refractivity contribution in [2.45, 2.75) is 38.8 Å². The molecule has 0 aliphatic carbocycles. The molecule has 5 N–H and O–H groups in total. The van der Waals surface area contributed by atoms with Crippen molar-refractivity contribution in [3.05, 3.63) is 0 Å². The molecular weight excluding hydrogens is 210 g/mol. The molecule has 6 nitrogen and oxygen atoms in total. The Morgan fingerprint density at radius 1 is 1.38 bits per heavy atom. The number of hydrogen-bond acceptors (Lipinski definition) is 4. The van der Waals surface area contributed by atoms with Crippen LogP contribution in [0.5, 0.6) is 0 Å². The average molecular weight is 231 g/mol. The maximum absolute atomic E-state index is 11.2. The van der Waals surface area contributed by atoms with E-state index in [2.05, 4.69) is 5.32 Å². The summed E-state index contributed by atoms with van der Waals surface area (Å²) in [5, 5.41) is 2.59. The van der Waals surface area contributed by atoms with E-state index in [4.69, 9.17) is 16.2 Å². The van der Waals surface area contributed by atoms with E-state index in [1.165, 1.54) is 0 Å². The summed E-state index contributed by atoms with van der Waals surface area (Å²) < 4.78 is 5.39. The maximum Gasteiger partial charge on any atom is 0.234 e. The Morgan fingerprint density at radius 3 is 2.38 bits per heavy atom. The Morgan fingerprint density at radius 2 is 1.94 bits per heavy atom. The van der Waals surface area contributed by atoms with Gasteiger partial charge in [0.25, 0.3) is 0 Å². The fourth-order valence-corrected chi connectivity index (χ4v) is 0.920. The summed E-state index contributed by atoms with van der Waals surface area (Å²) in [6.07, 6.45) is -0.0924. The Bertz CT molecular complexity index is 248. The van der Waals surface area contributed by atoms with Crippen LogP contribution in [-0.4, -0.2) is 36.6 Å². The standard InChI is InChI=1S/C10H21N3O3/c1-10(2,3)16-5-4-13-8(14)6-7(11)9(12)15/h7H,4-6,11H2,1-3H3,(H2,12,15)(H,13,14)/t7-/m0/s1. The molecule has 94 valence electrons. The summed E-state index contributed by atoms with van der Waals surface area (Å²) in [6, 6.07) is -0.927. The van der Waals surface area contributed by atoms with E-state index in [9.17, 15) is 9.59 Å². The SMILES string of the molecule is CC(C)(C)OCCNC(=O)C[C@H](N)C(N)=O. The highest BCUT2D eigenvalue weighted by Crippen LogP contribution is 2.04. The summed E-state index contributed by atoms with van der Waals surface area (Å²) in [4.78, 5) is 21.8. The molecule has 2 amide bonds. The largest absolute Gasteiger partial charge is 0.374 e. The van der Waals surface area contributed by atoms with Crippen molar-refractivity contribution in [2.24, 2.45) is 11.5 Å². The van der Waals surface area contributed by atoms with Crippen molar-refractivity contribution in [2.75, 3.05) is 13.2 Å². The lowest BCUT2D eigenvalue weighted by atomic mass is 10.2. The van der Waals surface area contributed by atoms with Crippen LogP contribution >= 0.6 is 0 Å². The second kappa shape index (κ2) is 6.44. The second-order valence-electron chi connectivity index (χ2n) is 4.52. The molecule has 0 rings (SSSR count). The molecule has 0 aliphatic heterocycles. The zero-order valence-corrected chi connectivity index (χ0v) is 10.1. The summed E-state index contributed by atoms with van der Waals surface area (Å²) in [5.41, 5.74) is 10.0. The Labute approximate surface area is 95.7 Å². The topological polar surface area (TPSA) is 107 Å². The lowest BCUT2D eigenvalue weighted by Gasteiger charge is -2.19. The number of hydrogen-bond donors (Lipinski definition) is 3. The van der Waals surface area contributed by atoms with Gasteiger partial charge in [0.15, 0.2) is 0 Å². The van der Waals surface area contributed by atoms with E-state index < -0.39 is 11.9 Å². The van der Waals surface area contributed by atoms with E-state index >= 15 is 0 Å². The monoisotopic (exact) mass is 231 g/mol.